The van der Waals surface area contributed by atoms with E-state index in [1.165, 1.54) is 23.9 Å². The van der Waals surface area contributed by atoms with Gasteiger partial charge in [-0.05, 0) is 48.7 Å². The summed E-state index contributed by atoms with van der Waals surface area (Å²) in [7, 11) is 1.59. The number of carbonyl (C=O) groups is 2. The van der Waals surface area contributed by atoms with Crippen molar-refractivity contribution >= 4 is 29.3 Å². The quantitative estimate of drug-likeness (QED) is 0.771. The van der Waals surface area contributed by atoms with Crippen LogP contribution in [0.3, 0.4) is 0 Å². The van der Waals surface area contributed by atoms with E-state index in [1.807, 2.05) is 18.2 Å². The maximum absolute atomic E-state index is 13.8. The van der Waals surface area contributed by atoms with E-state index in [-0.39, 0.29) is 30.1 Å². The molecule has 2 aliphatic heterocycles. The molecule has 0 N–H and O–H groups in total. The number of amides is 2. The second kappa shape index (κ2) is 6.76. The number of anilines is 1. The van der Waals surface area contributed by atoms with Crippen LogP contribution in [0.15, 0.2) is 42.5 Å². The molecule has 0 bridgehead atoms. The Labute approximate surface area is 172 Å². The summed E-state index contributed by atoms with van der Waals surface area (Å²) in [6, 6.07) is 11.8. The lowest BCUT2D eigenvalue weighted by Crippen LogP contribution is -2.50. The molecule has 1 saturated heterocycles. The summed E-state index contributed by atoms with van der Waals surface area (Å²) >= 11 is 1.51. The monoisotopic (exact) mass is 412 g/mol. The zero-order valence-corrected chi connectivity index (χ0v) is 16.9. The first kappa shape index (κ1) is 18.5. The molecule has 0 unspecified atom stereocenters. The first-order valence-electron chi connectivity index (χ1n) is 9.75. The number of halogens is 1. The Morgan fingerprint density at radius 1 is 1.28 bits per heavy atom. The Morgan fingerprint density at radius 2 is 2.10 bits per heavy atom. The zero-order chi connectivity index (χ0) is 20.2. The van der Waals surface area contributed by atoms with Gasteiger partial charge in [0.2, 0.25) is 5.91 Å². The average Bonchev–Trinajstić information content (AvgIpc) is 3.44. The number of ether oxygens (including phenoxy) is 1. The van der Waals surface area contributed by atoms with E-state index in [0.717, 1.165) is 24.1 Å². The van der Waals surface area contributed by atoms with Gasteiger partial charge >= 0.3 is 0 Å². The van der Waals surface area contributed by atoms with E-state index in [0.29, 0.717) is 23.6 Å². The van der Waals surface area contributed by atoms with E-state index < -0.39 is 4.87 Å². The topological polar surface area (TPSA) is 49.9 Å². The van der Waals surface area contributed by atoms with Gasteiger partial charge in [0, 0.05) is 23.8 Å². The lowest BCUT2D eigenvalue weighted by Gasteiger charge is -2.33. The third-order valence-electron chi connectivity index (χ3n) is 5.82. The van der Waals surface area contributed by atoms with Crippen molar-refractivity contribution in [3.63, 3.8) is 0 Å². The predicted molar refractivity (Wildman–Crippen MR) is 109 cm³/mol. The molecule has 1 atom stereocenters. The summed E-state index contributed by atoms with van der Waals surface area (Å²) in [6.45, 7) is 0.805. The van der Waals surface area contributed by atoms with E-state index in [9.17, 15) is 14.0 Å². The number of benzene rings is 2. The first-order valence-corrected chi connectivity index (χ1v) is 10.7. The largest absolute Gasteiger partial charge is 0.497 e. The molecule has 2 aromatic rings. The van der Waals surface area contributed by atoms with Crippen molar-refractivity contribution < 1.29 is 18.7 Å². The lowest BCUT2D eigenvalue weighted by atomic mass is 10.0. The zero-order valence-electron chi connectivity index (χ0n) is 16.1. The second-order valence-corrected chi connectivity index (χ2v) is 8.95. The summed E-state index contributed by atoms with van der Waals surface area (Å²) in [6.07, 6.45) is 1.78. The van der Waals surface area contributed by atoms with Crippen LogP contribution in [0.5, 0.6) is 5.75 Å². The molecule has 2 amide bonds. The fourth-order valence-corrected chi connectivity index (χ4v) is 5.73. The number of hydrogen-bond donors (Lipinski definition) is 0. The minimum absolute atomic E-state index is 0.0321. The molecule has 1 saturated carbocycles. The van der Waals surface area contributed by atoms with E-state index in [4.69, 9.17) is 4.74 Å². The number of carbonyl (C=O) groups excluding carboxylic acids is 2. The molecule has 150 valence electrons. The van der Waals surface area contributed by atoms with Crippen molar-refractivity contribution in [2.24, 2.45) is 5.92 Å². The normalized spacial score (nSPS) is 23.0. The third kappa shape index (κ3) is 2.82. The Bertz CT molecular complexity index is 1010. The Morgan fingerprint density at radius 3 is 2.83 bits per heavy atom. The van der Waals surface area contributed by atoms with Crippen molar-refractivity contribution in [3.05, 3.63) is 59.4 Å². The minimum atomic E-state index is -1.06. The molecule has 0 radical (unpaired) electrons. The van der Waals surface area contributed by atoms with Gasteiger partial charge in [-0.25, -0.2) is 4.39 Å². The van der Waals surface area contributed by atoms with Crippen LogP contribution < -0.4 is 9.64 Å². The molecular formula is C22H21FN2O3S. The van der Waals surface area contributed by atoms with Crippen molar-refractivity contribution in [3.8, 4) is 5.75 Å². The Hall–Kier alpha value is -2.54. The van der Waals surface area contributed by atoms with Crippen LogP contribution in [0.25, 0.3) is 0 Å². The molecular weight excluding hydrogens is 391 g/mol. The van der Waals surface area contributed by atoms with Gasteiger partial charge in [0.25, 0.3) is 5.91 Å². The molecule has 29 heavy (non-hydrogen) atoms. The van der Waals surface area contributed by atoms with Crippen LogP contribution in [0.4, 0.5) is 10.1 Å². The van der Waals surface area contributed by atoms with Crippen molar-refractivity contribution in [1.82, 2.24) is 4.90 Å². The molecule has 2 fully saturated rings. The highest BCUT2D eigenvalue weighted by atomic mass is 32.2. The van der Waals surface area contributed by atoms with E-state index in [2.05, 4.69) is 0 Å². The van der Waals surface area contributed by atoms with E-state index >= 15 is 0 Å². The predicted octanol–water partition coefficient (Wildman–Crippen LogP) is 3.52. The number of fused-ring (bicyclic) bond motifs is 2. The van der Waals surface area contributed by atoms with Gasteiger partial charge in [0.1, 0.15) is 11.6 Å². The van der Waals surface area contributed by atoms with Gasteiger partial charge in [-0.1, -0.05) is 12.1 Å². The highest BCUT2D eigenvalue weighted by molar-refractivity contribution is 8.01. The first-order chi connectivity index (χ1) is 14.0. The van der Waals surface area contributed by atoms with Gasteiger partial charge in [0.15, 0.2) is 4.87 Å². The van der Waals surface area contributed by atoms with Gasteiger partial charge < -0.3 is 14.5 Å². The second-order valence-electron chi connectivity index (χ2n) is 7.66. The summed E-state index contributed by atoms with van der Waals surface area (Å²) in [4.78, 5) is 29.2. The molecule has 7 heteroatoms. The summed E-state index contributed by atoms with van der Waals surface area (Å²) in [5.74, 6) is 0.972. The van der Waals surface area contributed by atoms with Gasteiger partial charge in [-0.2, -0.15) is 0 Å². The average molecular weight is 412 g/mol. The van der Waals surface area contributed by atoms with Gasteiger partial charge in [-0.3, -0.25) is 9.59 Å². The molecule has 5 nitrogen and oxygen atoms in total. The molecule has 2 aromatic carbocycles. The van der Waals surface area contributed by atoms with Crippen LogP contribution in [-0.4, -0.2) is 36.1 Å². The third-order valence-corrected chi connectivity index (χ3v) is 7.24. The highest BCUT2D eigenvalue weighted by Crippen LogP contribution is 2.56. The highest BCUT2D eigenvalue weighted by Gasteiger charge is 2.60. The number of thioether (sulfide) groups is 1. The molecule has 0 aromatic heterocycles. The fourth-order valence-electron chi connectivity index (χ4n) is 4.27. The van der Waals surface area contributed by atoms with E-state index in [1.54, 1.807) is 29.0 Å². The molecule has 1 aliphatic carbocycles. The van der Waals surface area contributed by atoms with Crippen LogP contribution in [0.1, 0.15) is 24.0 Å². The standard InChI is InChI=1S/C22H21FN2O3S/c1-28-17-7-8-19-18(12-17)22(25(9-10-29-22)20(26)15-5-6-15)21(27)24(19)13-14-3-2-4-16(23)11-14/h2-4,7-8,11-12,15H,5-6,9-10,13H2,1H3/t22-/m0/s1. The number of hydrogen-bond acceptors (Lipinski definition) is 4. The number of rotatable bonds is 4. The fraction of sp³-hybridized carbons (Fsp3) is 0.364. The van der Waals surface area contributed by atoms with Crippen molar-refractivity contribution in [2.75, 3.05) is 24.3 Å². The Balaban J connectivity index is 1.61. The number of methoxy groups -OCH3 is 1. The Kier molecular flexibility index (Phi) is 4.31. The number of nitrogens with zero attached hydrogens (tertiary/aromatic N) is 2. The van der Waals surface area contributed by atoms with Crippen LogP contribution in [0, 0.1) is 11.7 Å². The lowest BCUT2D eigenvalue weighted by molar-refractivity contribution is -0.141. The van der Waals surface area contributed by atoms with Crippen molar-refractivity contribution in [2.45, 2.75) is 24.3 Å². The molecule has 2 heterocycles. The van der Waals surface area contributed by atoms with Gasteiger partial charge in [-0.15, -0.1) is 11.8 Å². The smallest absolute Gasteiger partial charge is 0.268 e. The SMILES string of the molecule is COc1ccc2c(c1)[C@]1(SCCN1C(=O)C1CC1)C(=O)N2Cc1cccc(F)c1. The summed E-state index contributed by atoms with van der Waals surface area (Å²) in [5.41, 5.74) is 2.25. The van der Waals surface area contributed by atoms with Gasteiger partial charge in [0.05, 0.1) is 19.3 Å². The van der Waals surface area contributed by atoms with Crippen molar-refractivity contribution in [1.29, 1.82) is 0 Å². The summed E-state index contributed by atoms with van der Waals surface area (Å²) < 4.78 is 19.1. The molecule has 3 aliphatic rings. The molecule has 1 spiro atoms. The van der Waals surface area contributed by atoms with Crippen LogP contribution in [0.2, 0.25) is 0 Å². The maximum Gasteiger partial charge on any atom is 0.268 e. The van der Waals surface area contributed by atoms with Crippen LogP contribution in [-0.2, 0) is 21.0 Å². The minimum Gasteiger partial charge on any atom is -0.497 e. The summed E-state index contributed by atoms with van der Waals surface area (Å²) in [5, 5.41) is 0. The molecule has 5 rings (SSSR count). The van der Waals surface area contributed by atoms with Crippen LogP contribution >= 0.6 is 11.8 Å². The maximum atomic E-state index is 13.8.